The number of carboxylic acids is 1. The molecule has 2 heterocycles. The van der Waals surface area contributed by atoms with Gasteiger partial charge in [0.1, 0.15) is 5.75 Å². The molecule has 148 valence electrons. The largest absolute Gasteiger partial charge is 0.478 e. The summed E-state index contributed by atoms with van der Waals surface area (Å²) in [6.45, 7) is 10.3. The van der Waals surface area contributed by atoms with E-state index in [4.69, 9.17) is 4.74 Å². The molecule has 1 aromatic carbocycles. The van der Waals surface area contributed by atoms with Gasteiger partial charge in [0.2, 0.25) is 0 Å². The van der Waals surface area contributed by atoms with Gasteiger partial charge < -0.3 is 19.6 Å². The minimum absolute atomic E-state index is 0.173. The van der Waals surface area contributed by atoms with E-state index in [1.807, 2.05) is 23.6 Å². The molecule has 2 amide bonds. The highest BCUT2D eigenvalue weighted by molar-refractivity contribution is 5.77. The maximum Gasteiger partial charge on any atom is 0.347 e. The first-order valence-electron chi connectivity index (χ1n) is 9.76. The van der Waals surface area contributed by atoms with Crippen molar-refractivity contribution >= 4 is 12.0 Å². The second kappa shape index (κ2) is 7.41. The Balaban J connectivity index is 1.73. The number of aliphatic carboxylic acids is 1. The molecule has 2 fully saturated rings. The molecule has 2 saturated heterocycles. The Labute approximate surface area is 161 Å². The maximum absolute atomic E-state index is 12.6. The van der Waals surface area contributed by atoms with E-state index in [9.17, 15) is 14.7 Å². The van der Waals surface area contributed by atoms with Crippen molar-refractivity contribution < 1.29 is 19.4 Å². The van der Waals surface area contributed by atoms with Gasteiger partial charge >= 0.3 is 12.0 Å². The molecule has 2 aliphatic rings. The lowest BCUT2D eigenvalue weighted by Crippen LogP contribution is -2.40. The van der Waals surface area contributed by atoms with Crippen molar-refractivity contribution in [2.24, 2.45) is 0 Å². The fourth-order valence-electron chi connectivity index (χ4n) is 3.99. The molecule has 2 aliphatic heterocycles. The molecule has 27 heavy (non-hydrogen) atoms. The third-order valence-electron chi connectivity index (χ3n) is 5.66. The number of carboxylic acid groups (broad SMARTS) is 1. The van der Waals surface area contributed by atoms with Crippen molar-refractivity contribution in [1.29, 1.82) is 0 Å². The quantitative estimate of drug-likeness (QED) is 0.875. The lowest BCUT2D eigenvalue weighted by molar-refractivity contribution is -0.152. The summed E-state index contributed by atoms with van der Waals surface area (Å²) in [5, 5.41) is 9.32. The molecular weight excluding hydrogens is 344 g/mol. The normalized spacial score (nSPS) is 20.2. The van der Waals surface area contributed by atoms with E-state index >= 15 is 0 Å². The summed E-state index contributed by atoms with van der Waals surface area (Å²) in [5.41, 5.74) is 1.79. The lowest BCUT2D eigenvalue weighted by Gasteiger charge is -2.26. The predicted octanol–water partition coefficient (Wildman–Crippen LogP) is 3.55. The topological polar surface area (TPSA) is 70.1 Å². The standard InChI is InChI=1S/C21H30N2O4/c1-14-11-17(12-15(2)18(14)27-21(3,4)19(24)25)16-7-10-23(13-16)20(26)22-8-5-6-9-22/h11-12,16H,5-10,13H2,1-4H3,(H,24,25). The SMILES string of the molecule is Cc1cc(C2CCN(C(=O)N3CCCC3)C2)cc(C)c1OC(C)(C)C(=O)O. The minimum atomic E-state index is -1.27. The average Bonchev–Trinajstić information content (AvgIpc) is 3.28. The van der Waals surface area contributed by atoms with Crippen LogP contribution in [0.3, 0.4) is 0 Å². The Morgan fingerprint density at radius 1 is 1.07 bits per heavy atom. The summed E-state index contributed by atoms with van der Waals surface area (Å²) in [7, 11) is 0. The number of hydrogen-bond donors (Lipinski definition) is 1. The third-order valence-corrected chi connectivity index (χ3v) is 5.66. The summed E-state index contributed by atoms with van der Waals surface area (Å²) >= 11 is 0. The van der Waals surface area contributed by atoms with E-state index in [1.165, 1.54) is 5.56 Å². The Morgan fingerprint density at radius 3 is 2.22 bits per heavy atom. The van der Waals surface area contributed by atoms with Gasteiger partial charge in [-0.15, -0.1) is 0 Å². The van der Waals surface area contributed by atoms with Gasteiger partial charge in [0.25, 0.3) is 0 Å². The molecule has 0 aromatic heterocycles. The molecule has 1 atom stereocenters. The second-order valence-corrected chi connectivity index (χ2v) is 8.31. The van der Waals surface area contributed by atoms with Gasteiger partial charge in [-0.3, -0.25) is 0 Å². The molecule has 1 N–H and O–H groups in total. The van der Waals surface area contributed by atoms with Crippen LogP contribution in [0.4, 0.5) is 4.79 Å². The first kappa shape index (κ1) is 19.5. The maximum atomic E-state index is 12.6. The third kappa shape index (κ3) is 4.04. The molecule has 0 radical (unpaired) electrons. The lowest BCUT2D eigenvalue weighted by atomic mass is 9.94. The zero-order valence-electron chi connectivity index (χ0n) is 16.7. The van der Waals surface area contributed by atoms with E-state index in [0.29, 0.717) is 11.7 Å². The second-order valence-electron chi connectivity index (χ2n) is 8.31. The fraction of sp³-hybridized carbons (Fsp3) is 0.619. The number of carbonyl (C=O) groups is 2. The average molecular weight is 374 g/mol. The molecule has 1 aromatic rings. The van der Waals surface area contributed by atoms with Gasteiger partial charge in [0, 0.05) is 32.1 Å². The van der Waals surface area contributed by atoms with Gasteiger partial charge in [0.05, 0.1) is 0 Å². The summed E-state index contributed by atoms with van der Waals surface area (Å²) in [4.78, 5) is 27.9. The van der Waals surface area contributed by atoms with Gasteiger partial charge in [-0.2, -0.15) is 0 Å². The Kier molecular flexibility index (Phi) is 5.36. The van der Waals surface area contributed by atoms with Gasteiger partial charge in [-0.05, 0) is 63.6 Å². The Hall–Kier alpha value is -2.24. The summed E-state index contributed by atoms with van der Waals surface area (Å²) < 4.78 is 5.80. The molecule has 0 spiro atoms. The van der Waals surface area contributed by atoms with E-state index in [-0.39, 0.29) is 6.03 Å². The van der Waals surface area contributed by atoms with Crippen LogP contribution in [0.15, 0.2) is 12.1 Å². The highest BCUT2D eigenvalue weighted by Crippen LogP contribution is 2.34. The van der Waals surface area contributed by atoms with Crippen LogP contribution in [-0.4, -0.2) is 58.7 Å². The zero-order valence-corrected chi connectivity index (χ0v) is 16.7. The van der Waals surface area contributed by atoms with Crippen LogP contribution in [0.25, 0.3) is 0 Å². The minimum Gasteiger partial charge on any atom is -0.478 e. The highest BCUT2D eigenvalue weighted by Gasteiger charge is 2.33. The summed E-state index contributed by atoms with van der Waals surface area (Å²) in [6, 6.07) is 4.33. The molecule has 0 bridgehead atoms. The molecule has 3 rings (SSSR count). The van der Waals surface area contributed by atoms with E-state index in [1.54, 1.807) is 13.8 Å². The van der Waals surface area contributed by atoms with Crippen molar-refractivity contribution in [3.8, 4) is 5.75 Å². The van der Waals surface area contributed by atoms with Crippen molar-refractivity contribution in [3.05, 3.63) is 28.8 Å². The van der Waals surface area contributed by atoms with Crippen LogP contribution in [0.2, 0.25) is 0 Å². The van der Waals surface area contributed by atoms with Crippen LogP contribution < -0.4 is 4.74 Å². The monoisotopic (exact) mass is 374 g/mol. The van der Waals surface area contributed by atoms with Crippen LogP contribution in [0.5, 0.6) is 5.75 Å². The number of nitrogens with zero attached hydrogens (tertiary/aromatic N) is 2. The fourth-order valence-corrected chi connectivity index (χ4v) is 3.99. The predicted molar refractivity (Wildman–Crippen MR) is 103 cm³/mol. The summed E-state index contributed by atoms with van der Waals surface area (Å²) in [5.74, 6) is -0.0399. The first-order valence-corrected chi connectivity index (χ1v) is 9.76. The molecule has 1 unspecified atom stereocenters. The van der Waals surface area contributed by atoms with Crippen molar-refractivity contribution in [2.75, 3.05) is 26.2 Å². The number of benzene rings is 1. The van der Waals surface area contributed by atoms with Crippen LogP contribution in [0.1, 0.15) is 55.7 Å². The van der Waals surface area contributed by atoms with Gasteiger partial charge in [0.15, 0.2) is 5.60 Å². The number of carbonyl (C=O) groups excluding carboxylic acids is 1. The first-order chi connectivity index (χ1) is 12.7. The van der Waals surface area contributed by atoms with Crippen LogP contribution in [0, 0.1) is 13.8 Å². The smallest absolute Gasteiger partial charge is 0.347 e. The van der Waals surface area contributed by atoms with Crippen LogP contribution >= 0.6 is 0 Å². The zero-order chi connectivity index (χ0) is 19.8. The van der Waals surface area contributed by atoms with Crippen LogP contribution in [-0.2, 0) is 4.79 Å². The molecule has 6 heteroatoms. The molecule has 0 saturated carbocycles. The molecule has 6 nitrogen and oxygen atoms in total. The van der Waals surface area contributed by atoms with Crippen molar-refractivity contribution in [3.63, 3.8) is 0 Å². The van der Waals surface area contributed by atoms with Crippen molar-refractivity contribution in [1.82, 2.24) is 9.80 Å². The number of likely N-dealkylation sites (tertiary alicyclic amines) is 2. The number of amides is 2. The Morgan fingerprint density at radius 2 is 1.67 bits per heavy atom. The highest BCUT2D eigenvalue weighted by atomic mass is 16.5. The molecule has 0 aliphatic carbocycles. The van der Waals surface area contributed by atoms with E-state index in [2.05, 4.69) is 12.1 Å². The van der Waals surface area contributed by atoms with E-state index < -0.39 is 11.6 Å². The summed E-state index contributed by atoms with van der Waals surface area (Å²) in [6.07, 6.45) is 3.17. The number of rotatable bonds is 4. The number of hydrogen-bond acceptors (Lipinski definition) is 3. The van der Waals surface area contributed by atoms with E-state index in [0.717, 1.165) is 56.6 Å². The number of ether oxygens (including phenoxy) is 1. The van der Waals surface area contributed by atoms with Gasteiger partial charge in [-0.1, -0.05) is 12.1 Å². The molecular formula is C21H30N2O4. The van der Waals surface area contributed by atoms with Crippen molar-refractivity contribution in [2.45, 2.75) is 58.5 Å². The number of aryl methyl sites for hydroxylation is 2. The number of urea groups is 1. The Bertz CT molecular complexity index is 715. The van der Waals surface area contributed by atoms with Gasteiger partial charge in [-0.25, -0.2) is 9.59 Å².